The van der Waals surface area contributed by atoms with Crippen molar-refractivity contribution >= 4 is 47.2 Å². The minimum atomic E-state index is 0.218. The molecule has 0 heterocycles. The van der Waals surface area contributed by atoms with Crippen LogP contribution in [-0.4, -0.2) is 6.29 Å². The number of rotatable bonds is 3. The Morgan fingerprint density at radius 3 is 2.29 bits per heavy atom. The fraction of sp³-hybridized carbons (Fsp3) is 0.100. The van der Waals surface area contributed by atoms with Crippen molar-refractivity contribution in [1.82, 2.24) is 0 Å². The molecule has 0 amide bonds. The predicted molar refractivity (Wildman–Crippen MR) is 60.8 cm³/mol. The van der Waals surface area contributed by atoms with E-state index in [2.05, 4.69) is 0 Å². The molecule has 0 atom stereocenters. The van der Waals surface area contributed by atoms with Crippen LogP contribution >= 0.6 is 34.8 Å². The summed E-state index contributed by atoms with van der Waals surface area (Å²) >= 11 is 17.5. The van der Waals surface area contributed by atoms with Gasteiger partial charge in [0, 0.05) is 17.0 Å². The van der Waals surface area contributed by atoms with Crippen LogP contribution in [0.4, 0.5) is 0 Å². The highest BCUT2D eigenvalue weighted by molar-refractivity contribution is 6.40. The lowest BCUT2D eigenvalue weighted by Crippen LogP contribution is -1.79. The standard InChI is InChI=1S/C10H6Cl3O/c11-7-5-9(12)8(10(13)6-7)3-1-2-4-14/h1,3,5-6H,2H2/b3-1+. The van der Waals surface area contributed by atoms with Gasteiger partial charge < -0.3 is 0 Å². The first-order valence-electron chi connectivity index (χ1n) is 3.81. The van der Waals surface area contributed by atoms with E-state index in [1.54, 1.807) is 30.6 Å². The molecule has 0 spiro atoms. The third-order valence-electron chi connectivity index (χ3n) is 1.53. The number of hydrogen-bond acceptors (Lipinski definition) is 1. The summed E-state index contributed by atoms with van der Waals surface area (Å²) in [7, 11) is 0. The SMILES string of the molecule is O=[C]C/C=C/c1c(Cl)cc(Cl)cc1Cl. The summed E-state index contributed by atoms with van der Waals surface area (Å²) in [6.07, 6.45) is 5.26. The quantitative estimate of drug-likeness (QED) is 0.785. The summed E-state index contributed by atoms with van der Waals surface area (Å²) < 4.78 is 0. The van der Waals surface area contributed by atoms with Gasteiger partial charge in [-0.1, -0.05) is 47.0 Å². The van der Waals surface area contributed by atoms with E-state index < -0.39 is 0 Å². The van der Waals surface area contributed by atoms with E-state index in [4.69, 9.17) is 34.8 Å². The summed E-state index contributed by atoms with van der Waals surface area (Å²) in [5, 5.41) is 1.41. The second-order valence-electron chi connectivity index (χ2n) is 2.53. The monoisotopic (exact) mass is 247 g/mol. The number of benzene rings is 1. The highest BCUT2D eigenvalue weighted by Crippen LogP contribution is 2.29. The molecule has 1 aromatic rings. The number of halogens is 3. The minimum Gasteiger partial charge on any atom is -0.291 e. The smallest absolute Gasteiger partial charge is 0.202 e. The second kappa shape index (κ2) is 5.40. The maximum Gasteiger partial charge on any atom is 0.202 e. The van der Waals surface area contributed by atoms with Crippen LogP contribution in [0.25, 0.3) is 6.08 Å². The molecule has 0 aliphatic rings. The van der Waals surface area contributed by atoms with Crippen LogP contribution in [0.5, 0.6) is 0 Å². The van der Waals surface area contributed by atoms with Crippen LogP contribution in [-0.2, 0) is 4.79 Å². The lowest BCUT2D eigenvalue weighted by molar-refractivity contribution is 0.556. The van der Waals surface area contributed by atoms with E-state index in [0.29, 0.717) is 20.6 Å². The zero-order valence-corrected chi connectivity index (χ0v) is 9.33. The molecular weight excluding hydrogens is 242 g/mol. The molecule has 14 heavy (non-hydrogen) atoms. The van der Waals surface area contributed by atoms with Crippen molar-refractivity contribution < 1.29 is 4.79 Å². The first kappa shape index (κ1) is 11.6. The lowest BCUT2D eigenvalue weighted by Gasteiger charge is -2.01. The summed E-state index contributed by atoms with van der Waals surface area (Å²) in [6.45, 7) is 0. The number of hydrogen-bond donors (Lipinski definition) is 0. The van der Waals surface area contributed by atoms with Crippen molar-refractivity contribution in [2.75, 3.05) is 0 Å². The molecule has 0 aliphatic heterocycles. The fourth-order valence-corrected chi connectivity index (χ4v) is 1.88. The van der Waals surface area contributed by atoms with Gasteiger partial charge in [-0.25, -0.2) is 0 Å². The van der Waals surface area contributed by atoms with Crippen molar-refractivity contribution in [2.24, 2.45) is 0 Å². The zero-order chi connectivity index (χ0) is 10.6. The fourth-order valence-electron chi connectivity index (χ4n) is 0.937. The second-order valence-corrected chi connectivity index (χ2v) is 3.78. The molecule has 0 N–H and O–H groups in total. The molecule has 0 saturated carbocycles. The van der Waals surface area contributed by atoms with Crippen molar-refractivity contribution in [1.29, 1.82) is 0 Å². The van der Waals surface area contributed by atoms with Gasteiger partial charge in [0.15, 0.2) is 0 Å². The van der Waals surface area contributed by atoms with E-state index >= 15 is 0 Å². The van der Waals surface area contributed by atoms with Crippen LogP contribution < -0.4 is 0 Å². The Labute approximate surface area is 97.3 Å². The van der Waals surface area contributed by atoms with Gasteiger partial charge in [-0.05, 0) is 12.1 Å². The van der Waals surface area contributed by atoms with Gasteiger partial charge in [-0.15, -0.1) is 0 Å². The highest BCUT2D eigenvalue weighted by atomic mass is 35.5. The summed E-state index contributed by atoms with van der Waals surface area (Å²) in [5.41, 5.74) is 0.660. The van der Waals surface area contributed by atoms with Gasteiger partial charge in [0.1, 0.15) is 0 Å². The average Bonchev–Trinajstić information content (AvgIpc) is 2.09. The Bertz CT molecular complexity index is 349. The molecule has 73 valence electrons. The number of carbonyl (C=O) groups excluding carboxylic acids is 1. The molecule has 1 nitrogen and oxygen atoms in total. The minimum absolute atomic E-state index is 0.218. The van der Waals surface area contributed by atoms with Gasteiger partial charge in [-0.3, -0.25) is 4.79 Å². The maximum absolute atomic E-state index is 9.96. The first-order valence-corrected chi connectivity index (χ1v) is 4.94. The van der Waals surface area contributed by atoms with Crippen molar-refractivity contribution in [3.8, 4) is 0 Å². The Hall–Kier alpha value is -0.500. The predicted octanol–water partition coefficient (Wildman–Crippen LogP) is 4.16. The molecule has 0 saturated heterocycles. The topological polar surface area (TPSA) is 17.1 Å². The Kier molecular flexibility index (Phi) is 4.46. The van der Waals surface area contributed by atoms with Crippen LogP contribution in [0.2, 0.25) is 15.1 Å². The van der Waals surface area contributed by atoms with Crippen LogP contribution in [0, 0.1) is 0 Å². The van der Waals surface area contributed by atoms with E-state index in [9.17, 15) is 4.79 Å². The van der Waals surface area contributed by atoms with Gasteiger partial charge >= 0.3 is 0 Å². The van der Waals surface area contributed by atoms with E-state index in [-0.39, 0.29) is 6.42 Å². The van der Waals surface area contributed by atoms with Gasteiger partial charge in [0.05, 0.1) is 10.0 Å². The first-order chi connectivity index (χ1) is 6.65. The molecule has 0 aliphatic carbocycles. The van der Waals surface area contributed by atoms with Crippen molar-refractivity contribution in [2.45, 2.75) is 6.42 Å². The maximum atomic E-state index is 9.96. The molecule has 1 rings (SSSR count). The van der Waals surface area contributed by atoms with Crippen molar-refractivity contribution in [3.05, 3.63) is 38.8 Å². The third kappa shape index (κ3) is 3.02. The zero-order valence-electron chi connectivity index (χ0n) is 7.06. The molecule has 1 aromatic carbocycles. The molecular formula is C10H6Cl3O. The number of allylic oxidation sites excluding steroid dienone is 1. The Morgan fingerprint density at radius 2 is 1.79 bits per heavy atom. The lowest BCUT2D eigenvalue weighted by atomic mass is 10.2. The highest BCUT2D eigenvalue weighted by Gasteiger charge is 2.03. The summed E-state index contributed by atoms with van der Waals surface area (Å²) in [6, 6.07) is 3.19. The summed E-state index contributed by atoms with van der Waals surface area (Å²) in [4.78, 5) is 9.96. The van der Waals surface area contributed by atoms with E-state index in [0.717, 1.165) is 0 Å². The largest absolute Gasteiger partial charge is 0.291 e. The molecule has 0 bridgehead atoms. The van der Waals surface area contributed by atoms with Crippen LogP contribution in [0.3, 0.4) is 0 Å². The van der Waals surface area contributed by atoms with Gasteiger partial charge in [0.2, 0.25) is 6.29 Å². The molecule has 0 aromatic heterocycles. The molecule has 0 unspecified atom stereocenters. The van der Waals surface area contributed by atoms with Crippen LogP contribution in [0.1, 0.15) is 12.0 Å². The normalized spacial score (nSPS) is 10.8. The molecule has 1 radical (unpaired) electrons. The molecule has 0 fully saturated rings. The van der Waals surface area contributed by atoms with Crippen molar-refractivity contribution in [3.63, 3.8) is 0 Å². The third-order valence-corrected chi connectivity index (χ3v) is 2.37. The van der Waals surface area contributed by atoms with Gasteiger partial charge in [0.25, 0.3) is 0 Å². The molecule has 4 heteroatoms. The van der Waals surface area contributed by atoms with E-state index in [1.165, 1.54) is 0 Å². The van der Waals surface area contributed by atoms with Gasteiger partial charge in [-0.2, -0.15) is 0 Å². The Balaban J connectivity index is 3.02. The Morgan fingerprint density at radius 1 is 1.21 bits per heavy atom. The van der Waals surface area contributed by atoms with E-state index in [1.807, 2.05) is 0 Å². The van der Waals surface area contributed by atoms with Crippen LogP contribution in [0.15, 0.2) is 18.2 Å². The summed E-state index contributed by atoms with van der Waals surface area (Å²) in [5.74, 6) is 0. The average molecular weight is 249 g/mol.